The van der Waals surface area contributed by atoms with Crippen LogP contribution in [0.25, 0.3) is 6.08 Å². The van der Waals surface area contributed by atoms with Crippen LogP contribution in [0.1, 0.15) is 25.5 Å². The van der Waals surface area contributed by atoms with Crippen LogP contribution in [0.15, 0.2) is 30.5 Å². The van der Waals surface area contributed by atoms with Gasteiger partial charge in [0.05, 0.1) is 12.3 Å². The van der Waals surface area contributed by atoms with E-state index in [0.717, 1.165) is 18.5 Å². The highest BCUT2D eigenvalue weighted by molar-refractivity contribution is 5.86. The fraction of sp³-hybridized carbons (Fsp3) is 0.333. The second-order valence-corrected chi connectivity index (χ2v) is 3.11. The monoisotopic (exact) mass is 205 g/mol. The third-order valence-electron chi connectivity index (χ3n) is 1.82. The maximum Gasteiger partial charge on any atom is 0.330 e. The lowest BCUT2D eigenvalue weighted by molar-refractivity contribution is -0.137. The molecule has 0 N–H and O–H groups in total. The Hall–Kier alpha value is -1.64. The summed E-state index contributed by atoms with van der Waals surface area (Å²) in [5.41, 5.74) is 0.755. The Kier molecular flexibility index (Phi) is 5.15. The summed E-state index contributed by atoms with van der Waals surface area (Å²) in [5, 5.41) is 0. The number of unbranched alkanes of at least 4 members (excludes halogenated alkanes) is 1. The zero-order valence-corrected chi connectivity index (χ0v) is 8.85. The number of ether oxygens (including phenoxy) is 1. The van der Waals surface area contributed by atoms with Crippen LogP contribution in [0.4, 0.5) is 0 Å². The molecule has 0 atom stereocenters. The Balaban J connectivity index is 2.34. The molecule has 1 rings (SSSR count). The Bertz CT molecular complexity index is 320. The largest absolute Gasteiger partial charge is 0.463 e. The van der Waals surface area contributed by atoms with E-state index in [1.807, 2.05) is 18.2 Å². The standard InChI is InChI=1S/C12H15NO2/c1-2-3-10-15-12(14)8-7-11-6-4-5-9-13-11/h4-9H,2-3,10H2,1H3. The first kappa shape index (κ1) is 11.4. The molecule has 1 heterocycles. The van der Waals surface area contributed by atoms with Crippen LogP contribution in [0, 0.1) is 0 Å². The number of hydrogen-bond acceptors (Lipinski definition) is 3. The Labute approximate surface area is 89.8 Å². The average molecular weight is 205 g/mol. The minimum absolute atomic E-state index is 0.311. The molecular formula is C12H15NO2. The first-order valence-electron chi connectivity index (χ1n) is 5.09. The molecule has 0 aliphatic rings. The van der Waals surface area contributed by atoms with Gasteiger partial charge in [0.25, 0.3) is 0 Å². The van der Waals surface area contributed by atoms with E-state index in [2.05, 4.69) is 11.9 Å². The second kappa shape index (κ2) is 6.76. The summed E-state index contributed by atoms with van der Waals surface area (Å²) in [6.45, 7) is 2.54. The summed E-state index contributed by atoms with van der Waals surface area (Å²) in [5.74, 6) is -0.311. The molecule has 0 radical (unpaired) electrons. The minimum Gasteiger partial charge on any atom is -0.463 e. The number of nitrogens with zero attached hydrogens (tertiary/aromatic N) is 1. The molecular weight excluding hydrogens is 190 g/mol. The molecule has 3 nitrogen and oxygen atoms in total. The molecule has 0 spiro atoms. The quantitative estimate of drug-likeness (QED) is 0.421. The zero-order valence-electron chi connectivity index (χ0n) is 8.85. The molecule has 1 aromatic heterocycles. The van der Waals surface area contributed by atoms with Crippen LogP contribution in [-0.2, 0) is 9.53 Å². The smallest absolute Gasteiger partial charge is 0.330 e. The van der Waals surface area contributed by atoms with Crippen molar-refractivity contribution in [2.45, 2.75) is 19.8 Å². The molecule has 0 aliphatic carbocycles. The van der Waals surface area contributed by atoms with Gasteiger partial charge in [0, 0.05) is 12.3 Å². The van der Waals surface area contributed by atoms with Crippen molar-refractivity contribution >= 4 is 12.0 Å². The third kappa shape index (κ3) is 4.96. The summed E-state index contributed by atoms with van der Waals surface area (Å²) < 4.78 is 4.95. The van der Waals surface area contributed by atoms with Crippen molar-refractivity contribution in [3.63, 3.8) is 0 Å². The summed E-state index contributed by atoms with van der Waals surface area (Å²) in [4.78, 5) is 15.2. The molecule has 0 amide bonds. The van der Waals surface area contributed by atoms with E-state index >= 15 is 0 Å². The normalized spacial score (nSPS) is 10.5. The lowest BCUT2D eigenvalue weighted by Crippen LogP contribution is -2.01. The van der Waals surface area contributed by atoms with Gasteiger partial charge >= 0.3 is 5.97 Å². The molecule has 0 bridgehead atoms. The van der Waals surface area contributed by atoms with Crippen molar-refractivity contribution in [1.82, 2.24) is 4.98 Å². The molecule has 0 saturated heterocycles. The van der Waals surface area contributed by atoms with E-state index in [1.54, 1.807) is 12.3 Å². The van der Waals surface area contributed by atoms with E-state index in [4.69, 9.17) is 4.74 Å². The Morgan fingerprint density at radius 3 is 3.07 bits per heavy atom. The molecule has 3 heteroatoms. The van der Waals surface area contributed by atoms with Gasteiger partial charge in [-0.25, -0.2) is 4.79 Å². The molecule has 0 aliphatic heterocycles. The van der Waals surface area contributed by atoms with Gasteiger partial charge < -0.3 is 4.74 Å². The molecule has 0 aromatic carbocycles. The zero-order chi connectivity index (χ0) is 10.9. The van der Waals surface area contributed by atoms with Gasteiger partial charge in [-0.1, -0.05) is 19.4 Å². The van der Waals surface area contributed by atoms with Crippen molar-refractivity contribution in [2.75, 3.05) is 6.61 Å². The molecule has 0 fully saturated rings. The molecule has 1 aromatic rings. The predicted octanol–water partition coefficient (Wildman–Crippen LogP) is 2.44. The van der Waals surface area contributed by atoms with Crippen LogP contribution in [0.2, 0.25) is 0 Å². The predicted molar refractivity (Wildman–Crippen MR) is 59.1 cm³/mol. The number of esters is 1. The Morgan fingerprint density at radius 2 is 2.40 bits per heavy atom. The molecule has 0 unspecified atom stereocenters. The number of aromatic nitrogens is 1. The average Bonchev–Trinajstić information content (AvgIpc) is 2.28. The van der Waals surface area contributed by atoms with Gasteiger partial charge in [0.15, 0.2) is 0 Å². The highest BCUT2D eigenvalue weighted by Crippen LogP contribution is 1.97. The lowest BCUT2D eigenvalue weighted by Gasteiger charge is -1.98. The van der Waals surface area contributed by atoms with E-state index < -0.39 is 0 Å². The highest BCUT2D eigenvalue weighted by Gasteiger charge is 1.95. The van der Waals surface area contributed by atoms with Crippen molar-refractivity contribution in [2.24, 2.45) is 0 Å². The summed E-state index contributed by atoms with van der Waals surface area (Å²) in [7, 11) is 0. The lowest BCUT2D eigenvalue weighted by atomic mass is 10.3. The molecule has 0 saturated carbocycles. The van der Waals surface area contributed by atoms with E-state index in [0.29, 0.717) is 6.61 Å². The SMILES string of the molecule is CCCCOC(=O)C=Cc1ccccn1. The highest BCUT2D eigenvalue weighted by atomic mass is 16.5. The molecule has 80 valence electrons. The third-order valence-corrected chi connectivity index (χ3v) is 1.82. The number of carbonyl (C=O) groups excluding carboxylic acids is 1. The van der Waals surface area contributed by atoms with E-state index in [1.165, 1.54) is 6.08 Å². The van der Waals surface area contributed by atoms with E-state index in [9.17, 15) is 4.79 Å². The van der Waals surface area contributed by atoms with E-state index in [-0.39, 0.29) is 5.97 Å². The van der Waals surface area contributed by atoms with Crippen molar-refractivity contribution < 1.29 is 9.53 Å². The van der Waals surface area contributed by atoms with Crippen molar-refractivity contribution in [3.05, 3.63) is 36.2 Å². The number of pyridine rings is 1. The summed E-state index contributed by atoms with van der Waals surface area (Å²) in [6.07, 6.45) is 6.66. The first-order valence-corrected chi connectivity index (χ1v) is 5.09. The number of carbonyl (C=O) groups is 1. The van der Waals surface area contributed by atoms with Gasteiger partial charge in [0.2, 0.25) is 0 Å². The summed E-state index contributed by atoms with van der Waals surface area (Å²) in [6, 6.07) is 5.53. The fourth-order valence-electron chi connectivity index (χ4n) is 0.993. The van der Waals surface area contributed by atoms with Gasteiger partial charge in [-0.05, 0) is 24.6 Å². The molecule has 15 heavy (non-hydrogen) atoms. The maximum atomic E-state index is 11.2. The second-order valence-electron chi connectivity index (χ2n) is 3.11. The first-order chi connectivity index (χ1) is 7.33. The minimum atomic E-state index is -0.311. The van der Waals surface area contributed by atoms with Crippen LogP contribution in [-0.4, -0.2) is 17.6 Å². The van der Waals surface area contributed by atoms with Crippen LogP contribution in [0.5, 0.6) is 0 Å². The number of hydrogen-bond donors (Lipinski definition) is 0. The van der Waals surface area contributed by atoms with Crippen LogP contribution >= 0.6 is 0 Å². The van der Waals surface area contributed by atoms with Gasteiger partial charge in [0.1, 0.15) is 0 Å². The van der Waals surface area contributed by atoms with Gasteiger partial charge in [-0.15, -0.1) is 0 Å². The summed E-state index contributed by atoms with van der Waals surface area (Å²) >= 11 is 0. The number of rotatable bonds is 5. The van der Waals surface area contributed by atoms with Crippen LogP contribution < -0.4 is 0 Å². The van der Waals surface area contributed by atoms with Gasteiger partial charge in [-0.3, -0.25) is 4.98 Å². The van der Waals surface area contributed by atoms with Crippen molar-refractivity contribution in [1.29, 1.82) is 0 Å². The fourth-order valence-corrected chi connectivity index (χ4v) is 0.993. The van der Waals surface area contributed by atoms with Crippen molar-refractivity contribution in [3.8, 4) is 0 Å². The van der Waals surface area contributed by atoms with Gasteiger partial charge in [-0.2, -0.15) is 0 Å². The topological polar surface area (TPSA) is 39.2 Å². The van der Waals surface area contributed by atoms with Crippen LogP contribution in [0.3, 0.4) is 0 Å². The Morgan fingerprint density at radius 1 is 1.53 bits per heavy atom. The maximum absolute atomic E-state index is 11.2.